The standard InChI is InChI=1S/C11H12ClNO2S/c1-7-9-5-4-8(12)6-10(9)16(14,15)11(7)13(2)3/h4-6H,1-3H3. The Labute approximate surface area is 100 Å². The number of fused-ring (bicyclic) bond motifs is 1. The third-order valence-electron chi connectivity index (χ3n) is 2.62. The number of allylic oxidation sites excluding steroid dienone is 1. The van der Waals surface area contributed by atoms with Crippen LogP contribution >= 0.6 is 11.6 Å². The highest BCUT2D eigenvalue weighted by Crippen LogP contribution is 2.40. The van der Waals surface area contributed by atoms with Crippen molar-refractivity contribution in [2.45, 2.75) is 11.8 Å². The van der Waals surface area contributed by atoms with E-state index in [-0.39, 0.29) is 0 Å². The third-order valence-corrected chi connectivity index (χ3v) is 4.95. The van der Waals surface area contributed by atoms with Gasteiger partial charge in [-0.3, -0.25) is 0 Å². The van der Waals surface area contributed by atoms with Gasteiger partial charge in [-0.2, -0.15) is 0 Å². The number of hydrogen-bond donors (Lipinski definition) is 0. The zero-order valence-electron chi connectivity index (χ0n) is 9.28. The first kappa shape index (κ1) is 11.5. The van der Waals surface area contributed by atoms with E-state index in [0.717, 1.165) is 11.1 Å². The summed E-state index contributed by atoms with van der Waals surface area (Å²) in [6.45, 7) is 1.81. The van der Waals surface area contributed by atoms with E-state index in [4.69, 9.17) is 11.6 Å². The van der Waals surface area contributed by atoms with Gasteiger partial charge in [-0.05, 0) is 30.2 Å². The second-order valence-electron chi connectivity index (χ2n) is 3.97. The molecule has 2 rings (SSSR count). The number of rotatable bonds is 1. The minimum Gasteiger partial charge on any atom is -0.368 e. The normalized spacial score (nSPS) is 17.5. The maximum absolute atomic E-state index is 12.2. The van der Waals surface area contributed by atoms with Gasteiger partial charge in [0.15, 0.2) is 0 Å². The van der Waals surface area contributed by atoms with Crippen LogP contribution < -0.4 is 0 Å². The van der Waals surface area contributed by atoms with E-state index in [1.165, 1.54) is 6.07 Å². The number of halogens is 1. The molecule has 0 aromatic heterocycles. The van der Waals surface area contributed by atoms with Crippen LogP contribution in [0.2, 0.25) is 5.02 Å². The Morgan fingerprint density at radius 3 is 2.44 bits per heavy atom. The second kappa shape index (κ2) is 3.50. The smallest absolute Gasteiger partial charge is 0.222 e. The van der Waals surface area contributed by atoms with Gasteiger partial charge in [-0.1, -0.05) is 17.7 Å². The molecule has 0 spiro atoms. The molecule has 1 aliphatic heterocycles. The summed E-state index contributed by atoms with van der Waals surface area (Å²) in [5.74, 6) is 0. The maximum atomic E-state index is 12.2. The molecule has 0 saturated carbocycles. The van der Waals surface area contributed by atoms with E-state index in [1.54, 1.807) is 31.1 Å². The predicted molar refractivity (Wildman–Crippen MR) is 64.9 cm³/mol. The highest BCUT2D eigenvalue weighted by Gasteiger charge is 2.34. The van der Waals surface area contributed by atoms with E-state index < -0.39 is 9.84 Å². The summed E-state index contributed by atoms with van der Waals surface area (Å²) in [4.78, 5) is 1.93. The SMILES string of the molecule is CC1=C(N(C)C)S(=O)(=O)c2cc(Cl)ccc21. The lowest BCUT2D eigenvalue weighted by Gasteiger charge is -2.14. The van der Waals surface area contributed by atoms with Crippen molar-refractivity contribution in [3.63, 3.8) is 0 Å². The molecule has 0 bridgehead atoms. The van der Waals surface area contributed by atoms with Gasteiger partial charge in [0.05, 0.1) is 4.90 Å². The van der Waals surface area contributed by atoms with E-state index in [0.29, 0.717) is 14.9 Å². The van der Waals surface area contributed by atoms with Crippen LogP contribution in [0.4, 0.5) is 0 Å². The first-order valence-corrected chi connectivity index (χ1v) is 6.65. The van der Waals surface area contributed by atoms with E-state index >= 15 is 0 Å². The van der Waals surface area contributed by atoms with Crippen LogP contribution in [-0.4, -0.2) is 27.4 Å². The topological polar surface area (TPSA) is 37.4 Å². The predicted octanol–water partition coefficient (Wildman–Crippen LogP) is 2.38. The molecule has 0 N–H and O–H groups in total. The van der Waals surface area contributed by atoms with Gasteiger partial charge in [0.2, 0.25) is 9.84 Å². The van der Waals surface area contributed by atoms with Crippen LogP contribution in [0.15, 0.2) is 28.1 Å². The minimum absolute atomic E-state index is 0.307. The Morgan fingerprint density at radius 2 is 1.88 bits per heavy atom. The average Bonchev–Trinajstić information content (AvgIpc) is 2.34. The van der Waals surface area contributed by atoms with Crippen molar-refractivity contribution in [1.29, 1.82) is 0 Å². The monoisotopic (exact) mass is 257 g/mol. The van der Waals surface area contributed by atoms with E-state index in [1.807, 2.05) is 6.92 Å². The van der Waals surface area contributed by atoms with Crippen LogP contribution in [-0.2, 0) is 9.84 Å². The van der Waals surface area contributed by atoms with Crippen LogP contribution in [0.5, 0.6) is 0 Å². The van der Waals surface area contributed by atoms with Crippen molar-refractivity contribution in [1.82, 2.24) is 4.90 Å². The average molecular weight is 258 g/mol. The molecule has 1 heterocycles. The van der Waals surface area contributed by atoms with E-state index in [9.17, 15) is 8.42 Å². The molecule has 0 amide bonds. The Hall–Kier alpha value is -1.00. The van der Waals surface area contributed by atoms with Gasteiger partial charge < -0.3 is 4.90 Å². The number of hydrogen-bond acceptors (Lipinski definition) is 3. The fourth-order valence-electron chi connectivity index (χ4n) is 2.02. The molecule has 16 heavy (non-hydrogen) atoms. The molecule has 86 valence electrons. The molecule has 1 aromatic carbocycles. The summed E-state index contributed by atoms with van der Waals surface area (Å²) in [5.41, 5.74) is 1.52. The van der Waals surface area contributed by atoms with Crippen LogP contribution in [0, 0.1) is 0 Å². The first-order chi connectivity index (χ1) is 7.35. The van der Waals surface area contributed by atoms with Gasteiger partial charge >= 0.3 is 0 Å². The van der Waals surface area contributed by atoms with Gasteiger partial charge in [0, 0.05) is 19.1 Å². The highest BCUT2D eigenvalue weighted by atomic mass is 35.5. The Bertz CT molecular complexity index is 588. The van der Waals surface area contributed by atoms with E-state index in [2.05, 4.69) is 0 Å². The molecule has 0 atom stereocenters. The summed E-state index contributed by atoms with van der Waals surface area (Å²) in [5, 5.41) is 0.792. The third kappa shape index (κ3) is 1.44. The van der Waals surface area contributed by atoms with Crippen molar-refractivity contribution in [2.75, 3.05) is 14.1 Å². The molecule has 0 aliphatic carbocycles. The summed E-state index contributed by atoms with van der Waals surface area (Å²) in [6, 6.07) is 4.96. The fraction of sp³-hybridized carbons (Fsp3) is 0.273. The number of sulfone groups is 1. The highest BCUT2D eigenvalue weighted by molar-refractivity contribution is 7.95. The van der Waals surface area contributed by atoms with Gasteiger partial charge in [-0.25, -0.2) is 8.42 Å². The lowest BCUT2D eigenvalue weighted by Crippen LogP contribution is -2.17. The number of benzene rings is 1. The number of nitrogens with zero attached hydrogens (tertiary/aromatic N) is 1. The fourth-order valence-corrected chi connectivity index (χ4v) is 4.26. The molecule has 0 fully saturated rings. The van der Waals surface area contributed by atoms with Crippen molar-refractivity contribution in [3.8, 4) is 0 Å². The zero-order valence-corrected chi connectivity index (χ0v) is 10.9. The van der Waals surface area contributed by atoms with Crippen molar-refractivity contribution < 1.29 is 8.42 Å². The van der Waals surface area contributed by atoms with Crippen LogP contribution in [0.3, 0.4) is 0 Å². The Morgan fingerprint density at radius 1 is 1.25 bits per heavy atom. The first-order valence-electron chi connectivity index (χ1n) is 4.79. The lowest BCUT2D eigenvalue weighted by molar-refractivity contribution is 0.527. The van der Waals surface area contributed by atoms with Crippen LogP contribution in [0.25, 0.3) is 5.57 Å². The molecular weight excluding hydrogens is 246 g/mol. The summed E-state index contributed by atoms with van der Waals surface area (Å²) in [7, 11) is 0.0559. The molecule has 0 saturated heterocycles. The Balaban J connectivity index is 2.80. The largest absolute Gasteiger partial charge is 0.368 e. The van der Waals surface area contributed by atoms with Crippen molar-refractivity contribution in [3.05, 3.63) is 33.8 Å². The summed E-state index contributed by atoms with van der Waals surface area (Å²) in [6.07, 6.45) is 0. The molecule has 5 heteroatoms. The molecule has 0 radical (unpaired) electrons. The van der Waals surface area contributed by atoms with Crippen molar-refractivity contribution >= 4 is 27.0 Å². The summed E-state index contributed by atoms with van der Waals surface area (Å²) >= 11 is 5.83. The summed E-state index contributed by atoms with van der Waals surface area (Å²) < 4.78 is 24.5. The van der Waals surface area contributed by atoms with Crippen molar-refractivity contribution in [2.24, 2.45) is 0 Å². The van der Waals surface area contributed by atoms with Gasteiger partial charge in [-0.15, -0.1) is 0 Å². The van der Waals surface area contributed by atoms with Gasteiger partial charge in [0.1, 0.15) is 5.03 Å². The molecule has 3 nitrogen and oxygen atoms in total. The zero-order chi connectivity index (χ0) is 12.1. The minimum atomic E-state index is -3.40. The quantitative estimate of drug-likeness (QED) is 0.775. The molecule has 0 unspecified atom stereocenters. The van der Waals surface area contributed by atoms with Gasteiger partial charge in [0.25, 0.3) is 0 Å². The molecule has 1 aromatic rings. The molecule has 1 aliphatic rings. The second-order valence-corrected chi connectivity index (χ2v) is 6.24. The lowest BCUT2D eigenvalue weighted by atomic mass is 10.1. The maximum Gasteiger partial charge on any atom is 0.222 e. The molecular formula is C11H12ClNO2S. The van der Waals surface area contributed by atoms with Crippen LogP contribution in [0.1, 0.15) is 12.5 Å². The Kier molecular flexibility index (Phi) is 2.51.